The molecule has 2 fully saturated rings. The van der Waals surface area contributed by atoms with Crippen molar-refractivity contribution in [3.05, 3.63) is 45.2 Å². The number of thiazole rings is 1. The standard InChI is InChI=1S/C24H31FN4O2S/c1-15-13-28(8-9-29(15)24(31)18-6-4-5-7-18)14-19-10-20(25)11-21(16(19)2)27-23(30)22-12-26-17(3)32-22/h10-12,15,18H,4-9,13-14H2,1-3H3,(H,27,30)/t15-/m0/s1. The fourth-order valence-corrected chi connectivity index (χ4v) is 5.50. The number of aromatic nitrogens is 1. The Hall–Kier alpha value is -2.32. The lowest BCUT2D eigenvalue weighted by atomic mass is 10.0. The SMILES string of the molecule is Cc1ncc(C(=O)Nc2cc(F)cc(CN3CCN(C(=O)C4CCCC4)[C@@H](C)C3)c2C)s1. The van der Waals surface area contributed by atoms with Crippen molar-refractivity contribution in [2.24, 2.45) is 5.92 Å². The number of hydrogen-bond donors (Lipinski definition) is 1. The second-order valence-corrected chi connectivity index (χ2v) is 10.3. The van der Waals surface area contributed by atoms with Crippen LogP contribution in [-0.2, 0) is 11.3 Å². The summed E-state index contributed by atoms with van der Waals surface area (Å²) in [7, 11) is 0. The highest BCUT2D eigenvalue weighted by molar-refractivity contribution is 7.13. The molecule has 1 aromatic carbocycles. The summed E-state index contributed by atoms with van der Waals surface area (Å²) in [6.07, 6.45) is 5.89. The van der Waals surface area contributed by atoms with Crippen LogP contribution in [0, 0.1) is 25.6 Å². The van der Waals surface area contributed by atoms with E-state index in [1.807, 2.05) is 18.7 Å². The number of carbonyl (C=O) groups excluding carboxylic acids is 2. The first-order chi connectivity index (χ1) is 15.3. The van der Waals surface area contributed by atoms with Crippen LogP contribution in [0.25, 0.3) is 0 Å². The average molecular weight is 459 g/mol. The smallest absolute Gasteiger partial charge is 0.267 e. The zero-order valence-electron chi connectivity index (χ0n) is 19.0. The van der Waals surface area contributed by atoms with Gasteiger partial charge in [-0.05, 0) is 56.9 Å². The minimum absolute atomic E-state index is 0.138. The van der Waals surface area contributed by atoms with E-state index in [1.165, 1.54) is 17.4 Å². The van der Waals surface area contributed by atoms with Crippen molar-refractivity contribution in [2.45, 2.75) is 59.0 Å². The fraction of sp³-hybridized carbons (Fsp3) is 0.542. The number of aryl methyl sites for hydroxylation is 1. The van der Waals surface area contributed by atoms with E-state index in [9.17, 15) is 14.0 Å². The molecule has 1 aromatic heterocycles. The Labute approximate surface area is 192 Å². The summed E-state index contributed by atoms with van der Waals surface area (Å²) in [6.45, 7) is 8.67. The molecular weight excluding hydrogens is 427 g/mol. The fourth-order valence-electron chi connectivity index (χ4n) is 4.83. The maximum Gasteiger partial charge on any atom is 0.267 e. The van der Waals surface area contributed by atoms with E-state index >= 15 is 0 Å². The summed E-state index contributed by atoms with van der Waals surface area (Å²) in [4.78, 5) is 34.3. The largest absolute Gasteiger partial charge is 0.337 e. The Balaban J connectivity index is 1.42. The predicted octanol–water partition coefficient (Wildman–Crippen LogP) is 4.37. The van der Waals surface area contributed by atoms with Crippen LogP contribution in [0.5, 0.6) is 0 Å². The van der Waals surface area contributed by atoms with Crippen molar-refractivity contribution >= 4 is 28.8 Å². The molecule has 0 bridgehead atoms. The van der Waals surface area contributed by atoms with Crippen LogP contribution < -0.4 is 5.32 Å². The molecule has 6 nitrogen and oxygen atoms in total. The van der Waals surface area contributed by atoms with Gasteiger partial charge in [-0.25, -0.2) is 9.37 Å². The normalized spacial score (nSPS) is 20.0. The van der Waals surface area contributed by atoms with Crippen LogP contribution in [0.15, 0.2) is 18.3 Å². The summed E-state index contributed by atoms with van der Waals surface area (Å²) in [5, 5.41) is 3.65. The average Bonchev–Trinajstić information content (AvgIpc) is 3.43. The molecule has 2 aliphatic rings. The maximum absolute atomic E-state index is 14.4. The third kappa shape index (κ3) is 5.02. The molecule has 1 saturated heterocycles. The van der Waals surface area contributed by atoms with Crippen molar-refractivity contribution in [1.82, 2.24) is 14.8 Å². The lowest BCUT2D eigenvalue weighted by Crippen LogP contribution is -2.54. The number of nitrogens with zero attached hydrogens (tertiary/aromatic N) is 3. The van der Waals surface area contributed by atoms with Crippen LogP contribution >= 0.6 is 11.3 Å². The number of carbonyl (C=O) groups is 2. The summed E-state index contributed by atoms with van der Waals surface area (Å²) in [6, 6.07) is 3.05. The van der Waals surface area contributed by atoms with Gasteiger partial charge in [0.1, 0.15) is 10.7 Å². The molecule has 1 atom stereocenters. The highest BCUT2D eigenvalue weighted by atomic mass is 32.1. The van der Waals surface area contributed by atoms with Gasteiger partial charge < -0.3 is 10.2 Å². The van der Waals surface area contributed by atoms with Gasteiger partial charge in [0.25, 0.3) is 5.91 Å². The molecule has 172 valence electrons. The van der Waals surface area contributed by atoms with Gasteiger partial charge >= 0.3 is 0 Å². The number of nitrogens with one attached hydrogen (secondary N) is 1. The van der Waals surface area contributed by atoms with Gasteiger partial charge in [-0.2, -0.15) is 0 Å². The molecule has 4 rings (SSSR count). The van der Waals surface area contributed by atoms with Crippen LogP contribution in [0.4, 0.5) is 10.1 Å². The summed E-state index contributed by atoms with van der Waals surface area (Å²) < 4.78 is 14.4. The zero-order valence-corrected chi connectivity index (χ0v) is 19.8. The van der Waals surface area contributed by atoms with E-state index < -0.39 is 0 Å². The van der Waals surface area contributed by atoms with E-state index in [2.05, 4.69) is 22.1 Å². The van der Waals surface area contributed by atoms with Crippen molar-refractivity contribution in [1.29, 1.82) is 0 Å². The first kappa shape index (κ1) is 22.9. The topological polar surface area (TPSA) is 65.5 Å². The predicted molar refractivity (Wildman–Crippen MR) is 124 cm³/mol. The zero-order chi connectivity index (χ0) is 22.8. The van der Waals surface area contributed by atoms with Crippen molar-refractivity contribution in [3.63, 3.8) is 0 Å². The quantitative estimate of drug-likeness (QED) is 0.722. The Morgan fingerprint density at radius 3 is 2.62 bits per heavy atom. The molecule has 1 aliphatic carbocycles. The maximum atomic E-state index is 14.4. The molecule has 1 saturated carbocycles. The lowest BCUT2D eigenvalue weighted by molar-refractivity contribution is -0.140. The second-order valence-electron chi connectivity index (χ2n) is 9.03. The van der Waals surface area contributed by atoms with Gasteiger partial charge in [-0.15, -0.1) is 11.3 Å². The number of rotatable bonds is 5. The molecule has 1 N–H and O–H groups in total. The van der Waals surface area contributed by atoms with Crippen molar-refractivity contribution in [2.75, 3.05) is 25.0 Å². The van der Waals surface area contributed by atoms with Crippen molar-refractivity contribution < 1.29 is 14.0 Å². The molecule has 2 amide bonds. The van der Waals surface area contributed by atoms with E-state index in [0.717, 1.165) is 54.9 Å². The third-order valence-corrected chi connectivity index (χ3v) is 7.58. The van der Waals surface area contributed by atoms with Gasteiger partial charge in [0.2, 0.25) is 5.91 Å². The molecule has 32 heavy (non-hydrogen) atoms. The molecule has 2 heterocycles. The molecule has 8 heteroatoms. The van der Waals surface area contributed by atoms with Crippen molar-refractivity contribution in [3.8, 4) is 0 Å². The number of benzene rings is 1. The van der Waals surface area contributed by atoms with E-state index in [4.69, 9.17) is 0 Å². The first-order valence-corrected chi connectivity index (χ1v) is 12.2. The monoisotopic (exact) mass is 458 g/mol. The van der Waals surface area contributed by atoms with Gasteiger partial charge in [-0.3, -0.25) is 14.5 Å². The van der Waals surface area contributed by atoms with Gasteiger partial charge in [-0.1, -0.05) is 12.8 Å². The van der Waals surface area contributed by atoms with Gasteiger partial charge in [0.15, 0.2) is 0 Å². The van der Waals surface area contributed by atoms with Crippen LogP contribution in [-0.4, -0.2) is 52.3 Å². The second kappa shape index (κ2) is 9.67. The molecule has 0 unspecified atom stereocenters. The molecular formula is C24H31FN4O2S. The molecule has 2 aromatic rings. The highest BCUT2D eigenvalue weighted by Gasteiger charge is 2.33. The Bertz CT molecular complexity index is 1000. The Morgan fingerprint density at radius 1 is 1.22 bits per heavy atom. The number of anilines is 1. The number of amides is 2. The minimum Gasteiger partial charge on any atom is -0.337 e. The van der Waals surface area contributed by atoms with E-state index in [1.54, 1.807) is 12.3 Å². The number of hydrogen-bond acceptors (Lipinski definition) is 5. The Kier molecular flexibility index (Phi) is 6.90. The summed E-state index contributed by atoms with van der Waals surface area (Å²) in [5.41, 5.74) is 2.20. The Morgan fingerprint density at radius 2 is 1.97 bits per heavy atom. The minimum atomic E-state index is -0.371. The molecule has 1 aliphatic heterocycles. The number of halogens is 1. The highest BCUT2D eigenvalue weighted by Crippen LogP contribution is 2.29. The van der Waals surface area contributed by atoms with E-state index in [0.29, 0.717) is 29.6 Å². The summed E-state index contributed by atoms with van der Waals surface area (Å²) in [5.74, 6) is -0.143. The van der Waals surface area contributed by atoms with E-state index in [-0.39, 0.29) is 23.7 Å². The van der Waals surface area contributed by atoms with Crippen LogP contribution in [0.2, 0.25) is 0 Å². The van der Waals surface area contributed by atoms with Crippen LogP contribution in [0.3, 0.4) is 0 Å². The summed E-state index contributed by atoms with van der Waals surface area (Å²) >= 11 is 1.31. The molecule has 0 spiro atoms. The third-order valence-electron chi connectivity index (χ3n) is 6.67. The van der Waals surface area contributed by atoms with Crippen LogP contribution in [0.1, 0.15) is 58.4 Å². The molecule has 0 radical (unpaired) electrons. The van der Waals surface area contributed by atoms with Gasteiger partial charge in [0, 0.05) is 43.8 Å². The number of piperazine rings is 1. The lowest BCUT2D eigenvalue weighted by Gasteiger charge is -2.41. The first-order valence-electron chi connectivity index (χ1n) is 11.4. The van der Waals surface area contributed by atoms with Gasteiger partial charge in [0.05, 0.1) is 11.2 Å².